The molecule has 1 nitrogen and oxygen atoms in total. The molecule has 0 aromatic carbocycles. The zero-order valence-electron chi connectivity index (χ0n) is 6.46. The van der Waals surface area contributed by atoms with Gasteiger partial charge in [-0.1, -0.05) is 26.0 Å². The van der Waals surface area contributed by atoms with E-state index in [4.69, 9.17) is 5.11 Å². The van der Waals surface area contributed by atoms with Crippen molar-refractivity contribution in [3.05, 3.63) is 12.2 Å². The molecule has 9 heavy (non-hydrogen) atoms. The van der Waals surface area contributed by atoms with Crippen molar-refractivity contribution < 1.29 is 5.11 Å². The summed E-state index contributed by atoms with van der Waals surface area (Å²) in [4.78, 5) is 0. The quantitative estimate of drug-likeness (QED) is 0.575. The van der Waals surface area contributed by atoms with Crippen molar-refractivity contribution in [2.24, 2.45) is 11.8 Å². The van der Waals surface area contributed by atoms with E-state index in [0.717, 1.165) is 0 Å². The van der Waals surface area contributed by atoms with Gasteiger partial charge < -0.3 is 5.11 Å². The summed E-state index contributed by atoms with van der Waals surface area (Å²) >= 11 is 0. The topological polar surface area (TPSA) is 20.2 Å². The van der Waals surface area contributed by atoms with Crippen LogP contribution in [0.5, 0.6) is 0 Å². The maximum Gasteiger partial charge on any atom is 0.0496 e. The molecule has 0 aliphatic carbocycles. The predicted octanol–water partition coefficient (Wildman–Crippen LogP) is 1.83. The molecule has 0 aromatic heterocycles. The van der Waals surface area contributed by atoms with Crippen molar-refractivity contribution in [3.8, 4) is 0 Å². The van der Waals surface area contributed by atoms with Gasteiger partial charge in [0.1, 0.15) is 0 Å². The highest BCUT2D eigenvalue weighted by atomic mass is 16.3. The van der Waals surface area contributed by atoms with Crippen molar-refractivity contribution in [1.82, 2.24) is 0 Å². The molecule has 0 radical (unpaired) electrons. The zero-order chi connectivity index (χ0) is 7.28. The standard InChI is InChI=1S/C8H16O/c1-4-5-8(6-9)7(2)3/h4-5,7-9H,6H2,1-3H3/b5-4-/t8-/m0/s1. The van der Waals surface area contributed by atoms with Crippen LogP contribution >= 0.6 is 0 Å². The van der Waals surface area contributed by atoms with Crippen LogP contribution in [0.1, 0.15) is 20.8 Å². The number of rotatable bonds is 3. The minimum Gasteiger partial charge on any atom is -0.396 e. The van der Waals surface area contributed by atoms with Gasteiger partial charge >= 0.3 is 0 Å². The molecule has 0 unspecified atom stereocenters. The third kappa shape index (κ3) is 3.31. The molecule has 1 N–H and O–H groups in total. The fourth-order valence-corrected chi connectivity index (χ4v) is 0.741. The molecule has 1 atom stereocenters. The van der Waals surface area contributed by atoms with Crippen molar-refractivity contribution in [3.63, 3.8) is 0 Å². The second-order valence-corrected chi connectivity index (χ2v) is 2.62. The number of hydrogen-bond donors (Lipinski definition) is 1. The van der Waals surface area contributed by atoms with Gasteiger partial charge in [-0.05, 0) is 12.8 Å². The fraction of sp³-hybridized carbons (Fsp3) is 0.750. The van der Waals surface area contributed by atoms with Crippen LogP contribution in [-0.2, 0) is 0 Å². The van der Waals surface area contributed by atoms with E-state index in [2.05, 4.69) is 13.8 Å². The van der Waals surface area contributed by atoms with E-state index in [0.29, 0.717) is 11.8 Å². The molecule has 0 heterocycles. The first kappa shape index (κ1) is 8.70. The molecule has 0 fully saturated rings. The van der Waals surface area contributed by atoms with Gasteiger partial charge in [-0.2, -0.15) is 0 Å². The SMILES string of the molecule is C/C=C\[C@@H](CO)C(C)C. The monoisotopic (exact) mass is 128 g/mol. The molecule has 0 aromatic rings. The molecule has 54 valence electrons. The van der Waals surface area contributed by atoms with Crippen LogP contribution in [0.15, 0.2) is 12.2 Å². The highest BCUT2D eigenvalue weighted by Gasteiger charge is 2.05. The normalized spacial score (nSPS) is 15.2. The molecular formula is C8H16O. The van der Waals surface area contributed by atoms with Gasteiger partial charge in [0.2, 0.25) is 0 Å². The zero-order valence-corrected chi connectivity index (χ0v) is 6.46. The third-order valence-electron chi connectivity index (χ3n) is 1.51. The lowest BCUT2D eigenvalue weighted by Crippen LogP contribution is -2.09. The number of aliphatic hydroxyl groups excluding tert-OH is 1. The molecule has 0 spiro atoms. The first-order chi connectivity index (χ1) is 4.22. The van der Waals surface area contributed by atoms with Crippen molar-refractivity contribution in [1.29, 1.82) is 0 Å². The van der Waals surface area contributed by atoms with Gasteiger partial charge in [-0.15, -0.1) is 0 Å². The number of allylic oxidation sites excluding steroid dienone is 1. The summed E-state index contributed by atoms with van der Waals surface area (Å²) in [6.45, 7) is 6.47. The van der Waals surface area contributed by atoms with Gasteiger partial charge in [0.15, 0.2) is 0 Å². The second kappa shape index (κ2) is 4.57. The lowest BCUT2D eigenvalue weighted by molar-refractivity contribution is 0.221. The molecule has 0 saturated heterocycles. The Kier molecular flexibility index (Phi) is 4.41. The van der Waals surface area contributed by atoms with Crippen LogP contribution in [0.2, 0.25) is 0 Å². The maximum absolute atomic E-state index is 8.78. The Morgan fingerprint density at radius 2 is 2.00 bits per heavy atom. The second-order valence-electron chi connectivity index (χ2n) is 2.62. The van der Waals surface area contributed by atoms with Gasteiger partial charge in [0, 0.05) is 12.5 Å². The fourth-order valence-electron chi connectivity index (χ4n) is 0.741. The summed E-state index contributed by atoms with van der Waals surface area (Å²) < 4.78 is 0. The minimum absolute atomic E-state index is 0.266. The molecule has 1 heteroatoms. The Bertz CT molecular complexity index is 84.6. The predicted molar refractivity (Wildman–Crippen MR) is 40.2 cm³/mol. The first-order valence-corrected chi connectivity index (χ1v) is 3.46. The Morgan fingerprint density at radius 3 is 2.11 bits per heavy atom. The number of hydrogen-bond acceptors (Lipinski definition) is 1. The van der Waals surface area contributed by atoms with Crippen molar-refractivity contribution >= 4 is 0 Å². The summed E-state index contributed by atoms with van der Waals surface area (Å²) in [5.41, 5.74) is 0. The average Bonchev–Trinajstić information content (AvgIpc) is 1.82. The lowest BCUT2D eigenvalue weighted by Gasteiger charge is -2.12. The van der Waals surface area contributed by atoms with Crippen LogP contribution < -0.4 is 0 Å². The van der Waals surface area contributed by atoms with E-state index < -0.39 is 0 Å². The van der Waals surface area contributed by atoms with Gasteiger partial charge in [0.25, 0.3) is 0 Å². The summed E-state index contributed by atoms with van der Waals surface area (Å²) in [7, 11) is 0. The summed E-state index contributed by atoms with van der Waals surface area (Å²) in [6, 6.07) is 0. The Morgan fingerprint density at radius 1 is 1.44 bits per heavy atom. The van der Waals surface area contributed by atoms with Crippen LogP contribution in [-0.4, -0.2) is 11.7 Å². The van der Waals surface area contributed by atoms with Crippen molar-refractivity contribution in [2.45, 2.75) is 20.8 Å². The molecule has 0 saturated carbocycles. The Hall–Kier alpha value is -0.300. The van der Waals surface area contributed by atoms with Crippen LogP contribution in [0.4, 0.5) is 0 Å². The smallest absolute Gasteiger partial charge is 0.0496 e. The third-order valence-corrected chi connectivity index (χ3v) is 1.51. The minimum atomic E-state index is 0.266. The van der Waals surface area contributed by atoms with Crippen molar-refractivity contribution in [2.75, 3.05) is 6.61 Å². The number of aliphatic hydroxyl groups is 1. The Labute approximate surface area is 57.4 Å². The van der Waals surface area contributed by atoms with E-state index in [-0.39, 0.29) is 6.61 Å². The van der Waals surface area contributed by atoms with Crippen LogP contribution in [0.3, 0.4) is 0 Å². The summed E-state index contributed by atoms with van der Waals surface area (Å²) in [5, 5.41) is 8.78. The van der Waals surface area contributed by atoms with E-state index in [1.54, 1.807) is 0 Å². The largest absolute Gasteiger partial charge is 0.396 e. The highest BCUT2D eigenvalue weighted by Crippen LogP contribution is 2.10. The molecule has 0 bridgehead atoms. The summed E-state index contributed by atoms with van der Waals surface area (Å²) in [6.07, 6.45) is 4.03. The summed E-state index contributed by atoms with van der Waals surface area (Å²) in [5.74, 6) is 0.890. The molecular weight excluding hydrogens is 112 g/mol. The van der Waals surface area contributed by atoms with E-state index in [1.165, 1.54) is 0 Å². The van der Waals surface area contributed by atoms with Gasteiger partial charge in [-0.3, -0.25) is 0 Å². The van der Waals surface area contributed by atoms with E-state index in [9.17, 15) is 0 Å². The maximum atomic E-state index is 8.78. The van der Waals surface area contributed by atoms with E-state index in [1.807, 2.05) is 19.1 Å². The molecule has 0 rings (SSSR count). The highest BCUT2D eigenvalue weighted by molar-refractivity contribution is 4.86. The first-order valence-electron chi connectivity index (χ1n) is 3.46. The van der Waals surface area contributed by atoms with E-state index >= 15 is 0 Å². The average molecular weight is 128 g/mol. The Balaban J connectivity index is 3.68. The molecule has 0 aliphatic heterocycles. The molecule has 0 amide bonds. The van der Waals surface area contributed by atoms with Crippen LogP contribution in [0, 0.1) is 11.8 Å². The van der Waals surface area contributed by atoms with Gasteiger partial charge in [-0.25, -0.2) is 0 Å². The molecule has 0 aliphatic rings. The lowest BCUT2D eigenvalue weighted by atomic mass is 9.97. The van der Waals surface area contributed by atoms with Gasteiger partial charge in [0.05, 0.1) is 0 Å². The van der Waals surface area contributed by atoms with Crippen LogP contribution in [0.25, 0.3) is 0 Å².